The standard InChI is InChI=1S/C16H18N2O5S/c1-10-11(17-15(23-10)12-3-2-6-24-12)7-13(19)18-16(8-14(20)21)4-5-22-9-16/h2-3,6H,4-5,7-9H2,1H3,(H,18,19)(H,20,21). The minimum atomic E-state index is -0.960. The van der Waals surface area contributed by atoms with E-state index in [4.69, 9.17) is 14.3 Å². The summed E-state index contributed by atoms with van der Waals surface area (Å²) in [6.45, 7) is 2.42. The first-order valence-corrected chi connectivity index (χ1v) is 8.46. The number of aliphatic carboxylic acids is 1. The predicted molar refractivity (Wildman–Crippen MR) is 86.8 cm³/mol. The van der Waals surface area contributed by atoms with E-state index in [2.05, 4.69) is 10.3 Å². The van der Waals surface area contributed by atoms with E-state index in [0.717, 1.165) is 4.88 Å². The molecule has 1 amide bonds. The minimum Gasteiger partial charge on any atom is -0.481 e. The van der Waals surface area contributed by atoms with E-state index in [1.54, 1.807) is 6.92 Å². The second-order valence-electron chi connectivity index (χ2n) is 5.88. The van der Waals surface area contributed by atoms with Crippen LogP contribution in [0.25, 0.3) is 10.8 Å². The summed E-state index contributed by atoms with van der Waals surface area (Å²) >= 11 is 1.51. The molecule has 24 heavy (non-hydrogen) atoms. The molecule has 8 heteroatoms. The zero-order valence-corrected chi connectivity index (χ0v) is 14.0. The van der Waals surface area contributed by atoms with Crippen LogP contribution in [0.2, 0.25) is 0 Å². The fraction of sp³-hybridized carbons (Fsp3) is 0.438. The summed E-state index contributed by atoms with van der Waals surface area (Å²) in [7, 11) is 0. The first-order valence-electron chi connectivity index (χ1n) is 7.58. The molecule has 1 unspecified atom stereocenters. The zero-order valence-electron chi connectivity index (χ0n) is 13.2. The number of carbonyl (C=O) groups is 2. The van der Waals surface area contributed by atoms with Gasteiger partial charge in [0, 0.05) is 6.61 Å². The molecule has 1 fully saturated rings. The number of carboxylic acids is 1. The number of thiophene rings is 1. The van der Waals surface area contributed by atoms with Crippen LogP contribution in [0.3, 0.4) is 0 Å². The van der Waals surface area contributed by atoms with Crippen molar-refractivity contribution in [1.29, 1.82) is 0 Å². The number of amides is 1. The quantitative estimate of drug-likeness (QED) is 0.826. The van der Waals surface area contributed by atoms with E-state index in [9.17, 15) is 9.59 Å². The number of nitrogens with one attached hydrogen (secondary N) is 1. The van der Waals surface area contributed by atoms with Crippen molar-refractivity contribution < 1.29 is 23.8 Å². The van der Waals surface area contributed by atoms with Gasteiger partial charge in [-0.05, 0) is 24.8 Å². The maximum Gasteiger partial charge on any atom is 0.305 e. The van der Waals surface area contributed by atoms with Gasteiger partial charge in [-0.3, -0.25) is 9.59 Å². The molecule has 2 aromatic rings. The Kier molecular flexibility index (Phi) is 4.68. The number of aromatic nitrogens is 1. The maximum atomic E-state index is 12.4. The number of carbonyl (C=O) groups excluding carboxylic acids is 1. The Morgan fingerprint density at radius 2 is 2.33 bits per heavy atom. The summed E-state index contributed by atoms with van der Waals surface area (Å²) in [6, 6.07) is 3.80. The van der Waals surface area contributed by atoms with Crippen LogP contribution in [0.1, 0.15) is 24.3 Å². The Morgan fingerprint density at radius 3 is 2.96 bits per heavy atom. The SMILES string of the molecule is Cc1oc(-c2cccs2)nc1CC(=O)NC1(CC(=O)O)CCOC1. The molecule has 0 radical (unpaired) electrons. The van der Waals surface area contributed by atoms with Gasteiger partial charge in [-0.1, -0.05) is 6.07 Å². The first-order chi connectivity index (χ1) is 11.5. The normalized spacial score (nSPS) is 20.2. The predicted octanol–water partition coefficient (Wildman–Crippen LogP) is 2.00. The van der Waals surface area contributed by atoms with E-state index < -0.39 is 11.5 Å². The summed E-state index contributed by atoms with van der Waals surface area (Å²) in [5.41, 5.74) is -0.280. The topological polar surface area (TPSA) is 102 Å². The molecule has 1 atom stereocenters. The van der Waals surface area contributed by atoms with Crippen LogP contribution in [0.15, 0.2) is 21.9 Å². The van der Waals surface area contributed by atoms with Gasteiger partial charge in [0.2, 0.25) is 11.8 Å². The van der Waals surface area contributed by atoms with E-state index in [0.29, 0.717) is 30.4 Å². The highest BCUT2D eigenvalue weighted by molar-refractivity contribution is 7.13. The van der Waals surface area contributed by atoms with Crippen molar-refractivity contribution in [2.24, 2.45) is 0 Å². The van der Waals surface area contributed by atoms with E-state index in [1.807, 2.05) is 17.5 Å². The van der Waals surface area contributed by atoms with Crippen molar-refractivity contribution in [2.75, 3.05) is 13.2 Å². The number of oxazole rings is 1. The summed E-state index contributed by atoms with van der Waals surface area (Å²) < 4.78 is 10.9. The Morgan fingerprint density at radius 1 is 1.50 bits per heavy atom. The van der Waals surface area contributed by atoms with Gasteiger partial charge >= 0.3 is 5.97 Å². The number of hydrogen-bond acceptors (Lipinski definition) is 6. The maximum absolute atomic E-state index is 12.4. The van der Waals surface area contributed by atoms with Gasteiger partial charge in [-0.25, -0.2) is 4.98 Å². The number of hydrogen-bond donors (Lipinski definition) is 2. The molecule has 0 aliphatic carbocycles. The highest BCUT2D eigenvalue weighted by atomic mass is 32.1. The van der Waals surface area contributed by atoms with Crippen LogP contribution in [-0.4, -0.2) is 40.7 Å². The van der Waals surface area contributed by atoms with Gasteiger partial charge in [0.1, 0.15) is 5.76 Å². The lowest BCUT2D eigenvalue weighted by molar-refractivity contribution is -0.139. The molecule has 128 valence electrons. The first kappa shape index (κ1) is 16.7. The molecule has 0 aromatic carbocycles. The Balaban J connectivity index is 1.69. The van der Waals surface area contributed by atoms with Crippen LogP contribution >= 0.6 is 11.3 Å². The number of nitrogens with zero attached hydrogens (tertiary/aromatic N) is 1. The van der Waals surface area contributed by atoms with Gasteiger partial charge in [0.05, 0.1) is 35.6 Å². The summed E-state index contributed by atoms with van der Waals surface area (Å²) in [5, 5.41) is 13.8. The van der Waals surface area contributed by atoms with Crippen molar-refractivity contribution in [3.63, 3.8) is 0 Å². The van der Waals surface area contributed by atoms with Gasteiger partial charge in [-0.15, -0.1) is 11.3 Å². The number of carboxylic acid groups (broad SMARTS) is 1. The summed E-state index contributed by atoms with van der Waals surface area (Å²) in [6.07, 6.45) is 0.377. The molecule has 0 bridgehead atoms. The van der Waals surface area contributed by atoms with Crippen LogP contribution in [0, 0.1) is 6.92 Å². The molecule has 0 spiro atoms. The van der Waals surface area contributed by atoms with Crippen molar-refractivity contribution in [3.05, 3.63) is 29.0 Å². The van der Waals surface area contributed by atoms with Crippen molar-refractivity contribution >= 4 is 23.2 Å². The molecule has 3 heterocycles. The molecule has 0 saturated carbocycles. The third-order valence-corrected chi connectivity index (χ3v) is 4.81. The van der Waals surface area contributed by atoms with E-state index in [1.165, 1.54) is 11.3 Å². The van der Waals surface area contributed by atoms with Gasteiger partial charge < -0.3 is 19.6 Å². The lowest BCUT2D eigenvalue weighted by Gasteiger charge is -2.26. The zero-order chi connectivity index (χ0) is 17.2. The van der Waals surface area contributed by atoms with E-state index >= 15 is 0 Å². The monoisotopic (exact) mass is 350 g/mol. The van der Waals surface area contributed by atoms with E-state index in [-0.39, 0.29) is 25.4 Å². The molecule has 1 aliphatic heterocycles. The third kappa shape index (κ3) is 3.65. The highest BCUT2D eigenvalue weighted by Crippen LogP contribution is 2.27. The number of rotatable bonds is 6. The molecular formula is C16H18N2O5S. The Bertz CT molecular complexity index is 732. The average molecular weight is 350 g/mol. The number of aryl methyl sites for hydroxylation is 1. The van der Waals surface area contributed by atoms with Crippen LogP contribution < -0.4 is 5.32 Å². The lowest BCUT2D eigenvalue weighted by atomic mass is 9.94. The van der Waals surface area contributed by atoms with Crippen molar-refractivity contribution in [3.8, 4) is 10.8 Å². The Labute approximate surface area is 142 Å². The summed E-state index contributed by atoms with van der Waals surface area (Å²) in [5.74, 6) is -0.160. The Hall–Kier alpha value is -2.19. The minimum absolute atomic E-state index is 0.0437. The van der Waals surface area contributed by atoms with Gasteiger partial charge in [0.25, 0.3) is 0 Å². The molecule has 1 aliphatic rings. The average Bonchev–Trinajstić information content (AvgIpc) is 3.21. The molecule has 7 nitrogen and oxygen atoms in total. The molecular weight excluding hydrogens is 332 g/mol. The fourth-order valence-corrected chi connectivity index (χ4v) is 3.42. The second kappa shape index (κ2) is 6.74. The van der Waals surface area contributed by atoms with Crippen molar-refractivity contribution in [1.82, 2.24) is 10.3 Å². The molecule has 2 aromatic heterocycles. The third-order valence-electron chi connectivity index (χ3n) is 3.95. The van der Waals surface area contributed by atoms with Crippen LogP contribution in [0.4, 0.5) is 0 Å². The van der Waals surface area contributed by atoms with Crippen molar-refractivity contribution in [2.45, 2.75) is 31.7 Å². The number of ether oxygens (including phenoxy) is 1. The highest BCUT2D eigenvalue weighted by Gasteiger charge is 2.38. The lowest BCUT2D eigenvalue weighted by Crippen LogP contribution is -2.51. The van der Waals surface area contributed by atoms with Crippen LogP contribution in [0.5, 0.6) is 0 Å². The molecule has 2 N–H and O–H groups in total. The summed E-state index contributed by atoms with van der Waals surface area (Å²) in [4.78, 5) is 28.7. The van der Waals surface area contributed by atoms with Gasteiger partial charge in [-0.2, -0.15) is 0 Å². The van der Waals surface area contributed by atoms with Crippen LogP contribution in [-0.2, 0) is 20.7 Å². The molecule has 3 rings (SSSR count). The largest absolute Gasteiger partial charge is 0.481 e. The van der Waals surface area contributed by atoms with Gasteiger partial charge in [0.15, 0.2) is 0 Å². The fourth-order valence-electron chi connectivity index (χ4n) is 2.77. The molecule has 1 saturated heterocycles. The second-order valence-corrected chi connectivity index (χ2v) is 6.83. The smallest absolute Gasteiger partial charge is 0.305 e.